The molecular weight excluding hydrogens is 316 g/mol. The van der Waals surface area contributed by atoms with Crippen LogP contribution in [0.25, 0.3) is 0 Å². The number of carbonyl (C=O) groups is 2. The number of carboxylic acids is 1. The molecule has 7 nitrogen and oxygen atoms in total. The Morgan fingerprint density at radius 2 is 2.26 bits per heavy atom. The minimum Gasteiger partial charge on any atom is -0.481 e. The summed E-state index contributed by atoms with van der Waals surface area (Å²) in [6.07, 6.45) is 2.12. The third kappa shape index (κ3) is 3.16. The first-order chi connectivity index (χ1) is 11.0. The smallest absolute Gasteiger partial charge is 0.311 e. The number of hydrogen-bond acceptors (Lipinski definition) is 6. The van der Waals surface area contributed by atoms with Crippen LogP contribution in [0.1, 0.15) is 23.8 Å². The molecule has 0 radical (unpaired) electrons. The zero-order valence-electron chi connectivity index (χ0n) is 12.5. The number of nitrogens with one attached hydrogen (secondary N) is 1. The Bertz CT molecular complexity index is 733. The maximum absolute atomic E-state index is 12.5. The largest absolute Gasteiger partial charge is 0.481 e. The van der Waals surface area contributed by atoms with Crippen molar-refractivity contribution in [2.24, 2.45) is 5.41 Å². The molecule has 0 aliphatic carbocycles. The highest BCUT2D eigenvalue weighted by Gasteiger charge is 2.42. The molecule has 1 fully saturated rings. The molecule has 1 aliphatic heterocycles. The predicted molar refractivity (Wildman–Crippen MR) is 85.9 cm³/mol. The number of carboxylic acid groups (broad SMARTS) is 1. The number of nitrogens with zero attached hydrogens (tertiary/aromatic N) is 3. The second-order valence-corrected chi connectivity index (χ2v) is 6.58. The van der Waals surface area contributed by atoms with E-state index in [0.29, 0.717) is 29.6 Å². The summed E-state index contributed by atoms with van der Waals surface area (Å²) in [5.74, 6) is -0.454. The van der Waals surface area contributed by atoms with Gasteiger partial charge >= 0.3 is 5.97 Å². The van der Waals surface area contributed by atoms with Crippen LogP contribution in [0.15, 0.2) is 29.8 Å². The first-order valence-corrected chi connectivity index (χ1v) is 8.02. The lowest BCUT2D eigenvalue weighted by molar-refractivity contribution is -0.147. The molecule has 0 bridgehead atoms. The molecule has 1 saturated heterocycles. The molecule has 1 aliphatic rings. The van der Waals surface area contributed by atoms with Crippen LogP contribution in [0.2, 0.25) is 0 Å². The molecule has 2 aromatic heterocycles. The average Bonchev–Trinajstić information content (AvgIpc) is 3.15. The van der Waals surface area contributed by atoms with Crippen LogP contribution in [0.3, 0.4) is 0 Å². The van der Waals surface area contributed by atoms with Crippen molar-refractivity contribution in [3.63, 3.8) is 0 Å². The molecule has 2 aromatic rings. The molecule has 23 heavy (non-hydrogen) atoms. The molecule has 2 N–H and O–H groups in total. The number of likely N-dealkylation sites (tertiary alicyclic amines) is 1. The Hall–Kier alpha value is -2.48. The molecule has 1 unspecified atom stereocenters. The van der Waals surface area contributed by atoms with E-state index >= 15 is 0 Å². The van der Waals surface area contributed by atoms with Gasteiger partial charge in [0.05, 0.1) is 5.41 Å². The molecule has 8 heteroatoms. The van der Waals surface area contributed by atoms with Gasteiger partial charge in [0.25, 0.3) is 5.91 Å². The van der Waals surface area contributed by atoms with Gasteiger partial charge in [-0.15, -0.1) is 11.3 Å². The normalized spacial score (nSPS) is 20.5. The minimum atomic E-state index is -0.874. The van der Waals surface area contributed by atoms with Crippen molar-refractivity contribution in [2.45, 2.75) is 13.3 Å². The third-order valence-corrected chi connectivity index (χ3v) is 4.66. The predicted octanol–water partition coefficient (Wildman–Crippen LogP) is 2.22. The summed E-state index contributed by atoms with van der Waals surface area (Å²) in [6, 6.07) is 5.47. The lowest BCUT2D eigenvalue weighted by atomic mass is 9.90. The van der Waals surface area contributed by atoms with Crippen LogP contribution < -0.4 is 5.32 Å². The number of aromatic nitrogens is 2. The summed E-state index contributed by atoms with van der Waals surface area (Å²) in [4.78, 5) is 33.7. The summed E-state index contributed by atoms with van der Waals surface area (Å²) >= 11 is 1.31. The molecule has 3 heterocycles. The van der Waals surface area contributed by atoms with Crippen LogP contribution in [0.4, 0.5) is 10.9 Å². The Balaban J connectivity index is 1.69. The highest BCUT2D eigenvalue weighted by Crippen LogP contribution is 2.31. The molecule has 0 saturated carbocycles. The number of carbonyl (C=O) groups excluding carboxylic acids is 1. The van der Waals surface area contributed by atoms with Crippen LogP contribution in [-0.2, 0) is 4.79 Å². The number of pyridine rings is 1. The van der Waals surface area contributed by atoms with Crippen molar-refractivity contribution in [1.29, 1.82) is 0 Å². The molecule has 1 atom stereocenters. The van der Waals surface area contributed by atoms with Crippen molar-refractivity contribution in [1.82, 2.24) is 14.9 Å². The van der Waals surface area contributed by atoms with Gasteiger partial charge in [0.15, 0.2) is 5.13 Å². The third-order valence-electron chi connectivity index (χ3n) is 3.90. The summed E-state index contributed by atoms with van der Waals surface area (Å²) in [5, 5.41) is 14.5. The summed E-state index contributed by atoms with van der Waals surface area (Å²) < 4.78 is 0. The molecule has 120 valence electrons. The fourth-order valence-electron chi connectivity index (χ4n) is 2.45. The Morgan fingerprint density at radius 1 is 1.43 bits per heavy atom. The number of amides is 1. The van der Waals surface area contributed by atoms with Crippen molar-refractivity contribution >= 4 is 34.2 Å². The van der Waals surface area contributed by atoms with Crippen molar-refractivity contribution in [3.8, 4) is 0 Å². The second-order valence-electron chi connectivity index (χ2n) is 5.72. The molecular formula is C15H16N4O3S. The maximum atomic E-state index is 12.5. The van der Waals surface area contributed by atoms with E-state index in [-0.39, 0.29) is 12.5 Å². The lowest BCUT2D eigenvalue weighted by Crippen LogP contribution is -2.35. The van der Waals surface area contributed by atoms with E-state index in [1.54, 1.807) is 23.4 Å². The molecule has 0 aromatic carbocycles. The molecule has 1 amide bonds. The van der Waals surface area contributed by atoms with Gasteiger partial charge in [-0.1, -0.05) is 6.07 Å². The van der Waals surface area contributed by atoms with Crippen LogP contribution >= 0.6 is 11.3 Å². The second kappa shape index (κ2) is 5.96. The minimum absolute atomic E-state index is 0.210. The van der Waals surface area contributed by atoms with Crippen LogP contribution in [0.5, 0.6) is 0 Å². The first kappa shape index (κ1) is 15.4. The quantitative estimate of drug-likeness (QED) is 0.891. The van der Waals surface area contributed by atoms with Gasteiger partial charge in [0.2, 0.25) is 0 Å². The molecule has 0 spiro atoms. The van der Waals surface area contributed by atoms with Gasteiger partial charge in [-0.2, -0.15) is 0 Å². The van der Waals surface area contributed by atoms with E-state index in [1.807, 2.05) is 18.2 Å². The Kier molecular flexibility index (Phi) is 3.99. The van der Waals surface area contributed by atoms with Crippen molar-refractivity contribution in [3.05, 3.63) is 35.5 Å². The van der Waals surface area contributed by atoms with Gasteiger partial charge in [-0.3, -0.25) is 9.59 Å². The lowest BCUT2D eigenvalue weighted by Gasteiger charge is -2.19. The Labute approximate surface area is 137 Å². The highest BCUT2D eigenvalue weighted by atomic mass is 32.1. The van der Waals surface area contributed by atoms with Crippen LogP contribution in [0, 0.1) is 5.41 Å². The van der Waals surface area contributed by atoms with E-state index in [4.69, 9.17) is 0 Å². The van der Waals surface area contributed by atoms with Crippen molar-refractivity contribution < 1.29 is 14.7 Å². The van der Waals surface area contributed by atoms with Gasteiger partial charge in [-0.25, -0.2) is 9.97 Å². The average molecular weight is 332 g/mol. The van der Waals surface area contributed by atoms with E-state index in [2.05, 4.69) is 15.3 Å². The van der Waals surface area contributed by atoms with E-state index in [9.17, 15) is 14.7 Å². The van der Waals surface area contributed by atoms with Crippen molar-refractivity contribution in [2.75, 3.05) is 18.4 Å². The number of rotatable bonds is 4. The zero-order chi connectivity index (χ0) is 16.4. The first-order valence-electron chi connectivity index (χ1n) is 7.14. The van der Waals surface area contributed by atoms with E-state index in [1.165, 1.54) is 11.3 Å². The highest BCUT2D eigenvalue weighted by molar-refractivity contribution is 7.14. The van der Waals surface area contributed by atoms with Gasteiger partial charge in [0.1, 0.15) is 11.5 Å². The van der Waals surface area contributed by atoms with Crippen LogP contribution in [-0.4, -0.2) is 44.9 Å². The molecule has 3 rings (SSSR count). The fraction of sp³-hybridized carbons (Fsp3) is 0.333. The van der Waals surface area contributed by atoms with Gasteiger partial charge in [0, 0.05) is 24.7 Å². The topological polar surface area (TPSA) is 95.4 Å². The zero-order valence-corrected chi connectivity index (χ0v) is 13.3. The standard InChI is InChI=1S/C15H16N4O3S/c1-15(13(21)22)5-7-19(9-15)12(20)10-8-23-14(17-10)18-11-4-2-3-6-16-11/h2-4,6,8H,5,7,9H2,1H3,(H,21,22)(H,16,17,18). The number of aliphatic carboxylic acids is 1. The number of anilines is 2. The SMILES string of the molecule is CC1(C(=O)O)CCN(C(=O)c2csc(Nc3ccccn3)n2)C1. The van der Waals surface area contributed by atoms with Gasteiger partial charge < -0.3 is 15.3 Å². The van der Waals surface area contributed by atoms with Gasteiger partial charge in [-0.05, 0) is 25.5 Å². The number of thiazole rings is 1. The summed E-state index contributed by atoms with van der Waals surface area (Å²) in [6.45, 7) is 2.31. The van der Waals surface area contributed by atoms with E-state index < -0.39 is 11.4 Å². The summed E-state index contributed by atoms with van der Waals surface area (Å²) in [5.41, 5.74) is -0.552. The fourth-order valence-corrected chi connectivity index (χ4v) is 3.14. The number of hydrogen-bond donors (Lipinski definition) is 2. The maximum Gasteiger partial charge on any atom is 0.311 e. The Morgan fingerprint density at radius 3 is 2.91 bits per heavy atom. The monoisotopic (exact) mass is 332 g/mol. The summed E-state index contributed by atoms with van der Waals surface area (Å²) in [7, 11) is 0. The van der Waals surface area contributed by atoms with E-state index in [0.717, 1.165) is 0 Å².